The quantitative estimate of drug-likeness (QED) is 0.738. The summed E-state index contributed by atoms with van der Waals surface area (Å²) in [7, 11) is 3.03. The van der Waals surface area contributed by atoms with Gasteiger partial charge in [0.05, 0.1) is 25.6 Å². The zero-order chi connectivity index (χ0) is 17.3. The van der Waals surface area contributed by atoms with Gasteiger partial charge in [-0.05, 0) is 47.1 Å². The molecule has 0 saturated heterocycles. The summed E-state index contributed by atoms with van der Waals surface area (Å²) in [6.45, 7) is 1.89. The Hall–Kier alpha value is -2.54. The summed E-state index contributed by atoms with van der Waals surface area (Å²) in [6.07, 6.45) is 1.87. The van der Waals surface area contributed by atoms with Gasteiger partial charge in [-0.3, -0.25) is 9.20 Å². The van der Waals surface area contributed by atoms with Crippen molar-refractivity contribution < 1.29 is 14.3 Å². The van der Waals surface area contributed by atoms with Crippen molar-refractivity contribution >= 4 is 33.2 Å². The van der Waals surface area contributed by atoms with Crippen LogP contribution in [0, 0.1) is 6.92 Å². The van der Waals surface area contributed by atoms with E-state index < -0.39 is 0 Å². The zero-order valence-corrected chi connectivity index (χ0v) is 15.0. The fourth-order valence-electron chi connectivity index (χ4n) is 2.51. The first kappa shape index (κ1) is 16.3. The van der Waals surface area contributed by atoms with Crippen LogP contribution in [0.25, 0.3) is 5.65 Å². The van der Waals surface area contributed by atoms with Crippen molar-refractivity contribution in [3.05, 3.63) is 52.4 Å². The summed E-state index contributed by atoms with van der Waals surface area (Å²) < 4.78 is 13.3. The Morgan fingerprint density at radius 3 is 2.46 bits per heavy atom. The highest BCUT2D eigenvalue weighted by molar-refractivity contribution is 9.10. The number of benzene rings is 1. The number of methoxy groups -OCH3 is 2. The standard InChI is InChI=1S/C17H16BrN3O3/c1-10-15(18)21-9-5-6-11(16(21)19-10)20-17(22)14-12(23-2)7-4-8-13(14)24-3/h4-9H,1-3H3,(H,20,22). The van der Waals surface area contributed by atoms with Crippen molar-refractivity contribution in [3.8, 4) is 11.5 Å². The maximum absolute atomic E-state index is 12.8. The summed E-state index contributed by atoms with van der Waals surface area (Å²) in [6, 6.07) is 8.84. The van der Waals surface area contributed by atoms with E-state index in [-0.39, 0.29) is 5.91 Å². The minimum atomic E-state index is -0.325. The molecule has 1 aromatic carbocycles. The zero-order valence-electron chi connectivity index (χ0n) is 13.5. The van der Waals surface area contributed by atoms with Crippen LogP contribution in [-0.4, -0.2) is 29.5 Å². The minimum Gasteiger partial charge on any atom is -0.496 e. The molecule has 2 heterocycles. The van der Waals surface area contributed by atoms with Crippen molar-refractivity contribution in [2.24, 2.45) is 0 Å². The van der Waals surface area contributed by atoms with E-state index in [2.05, 4.69) is 26.2 Å². The van der Waals surface area contributed by atoms with Gasteiger partial charge in [0.25, 0.3) is 5.91 Å². The average Bonchev–Trinajstić information content (AvgIpc) is 2.90. The van der Waals surface area contributed by atoms with Crippen LogP contribution >= 0.6 is 15.9 Å². The van der Waals surface area contributed by atoms with Crippen LogP contribution in [0.15, 0.2) is 41.1 Å². The number of aryl methyl sites for hydroxylation is 1. The molecule has 124 valence electrons. The maximum Gasteiger partial charge on any atom is 0.263 e. The van der Waals surface area contributed by atoms with Gasteiger partial charge < -0.3 is 14.8 Å². The van der Waals surface area contributed by atoms with E-state index in [0.717, 1.165) is 10.3 Å². The molecule has 0 atom stereocenters. The van der Waals surface area contributed by atoms with Crippen molar-refractivity contribution in [2.45, 2.75) is 6.92 Å². The third kappa shape index (κ3) is 2.71. The van der Waals surface area contributed by atoms with E-state index in [9.17, 15) is 4.79 Å². The van der Waals surface area contributed by atoms with Crippen molar-refractivity contribution in [1.82, 2.24) is 9.38 Å². The molecule has 0 aliphatic heterocycles. The molecule has 0 fully saturated rings. The molecule has 6 nitrogen and oxygen atoms in total. The van der Waals surface area contributed by atoms with Crippen LogP contribution in [0.2, 0.25) is 0 Å². The van der Waals surface area contributed by atoms with Gasteiger partial charge in [0.1, 0.15) is 21.7 Å². The van der Waals surface area contributed by atoms with E-state index in [1.807, 2.05) is 23.6 Å². The van der Waals surface area contributed by atoms with Gasteiger partial charge in [0.2, 0.25) is 0 Å². The topological polar surface area (TPSA) is 64.9 Å². The molecule has 3 aromatic rings. The number of hydrogen-bond acceptors (Lipinski definition) is 4. The fraction of sp³-hybridized carbons (Fsp3) is 0.176. The molecular formula is C17H16BrN3O3. The monoisotopic (exact) mass is 389 g/mol. The normalized spacial score (nSPS) is 10.7. The van der Waals surface area contributed by atoms with Gasteiger partial charge in [-0.1, -0.05) is 6.07 Å². The Labute approximate surface area is 147 Å². The molecular weight excluding hydrogens is 374 g/mol. The number of halogens is 1. The Morgan fingerprint density at radius 1 is 1.17 bits per heavy atom. The lowest BCUT2D eigenvalue weighted by molar-refractivity contribution is 0.102. The second kappa shape index (κ2) is 6.52. The molecule has 0 bridgehead atoms. The fourth-order valence-corrected chi connectivity index (χ4v) is 2.88. The van der Waals surface area contributed by atoms with Crippen LogP contribution in [0.3, 0.4) is 0 Å². The van der Waals surface area contributed by atoms with E-state index in [0.29, 0.717) is 28.4 Å². The lowest BCUT2D eigenvalue weighted by Crippen LogP contribution is -2.15. The van der Waals surface area contributed by atoms with Crippen LogP contribution in [0.1, 0.15) is 16.1 Å². The number of nitrogens with one attached hydrogen (secondary N) is 1. The van der Waals surface area contributed by atoms with E-state index >= 15 is 0 Å². The Balaban J connectivity index is 2.04. The number of pyridine rings is 1. The number of carbonyl (C=O) groups excluding carboxylic acids is 1. The summed E-state index contributed by atoms with van der Waals surface area (Å²) in [5, 5.41) is 2.89. The third-order valence-corrected chi connectivity index (χ3v) is 4.61. The second-order valence-corrected chi connectivity index (χ2v) is 5.85. The molecule has 1 amide bonds. The van der Waals surface area contributed by atoms with Crippen LogP contribution < -0.4 is 14.8 Å². The minimum absolute atomic E-state index is 0.325. The first-order valence-electron chi connectivity index (χ1n) is 7.22. The molecule has 0 saturated carbocycles. The molecule has 7 heteroatoms. The largest absolute Gasteiger partial charge is 0.496 e. The molecule has 0 aliphatic carbocycles. The lowest BCUT2D eigenvalue weighted by atomic mass is 10.1. The SMILES string of the molecule is COc1cccc(OC)c1C(=O)Nc1cccn2c(Br)c(C)nc12. The highest BCUT2D eigenvalue weighted by Crippen LogP contribution is 2.30. The number of rotatable bonds is 4. The van der Waals surface area contributed by atoms with Crippen LogP contribution in [0.5, 0.6) is 11.5 Å². The van der Waals surface area contributed by atoms with Crippen molar-refractivity contribution in [3.63, 3.8) is 0 Å². The summed E-state index contributed by atoms with van der Waals surface area (Å²) in [5.41, 5.74) is 2.44. The van der Waals surface area contributed by atoms with E-state index in [1.54, 1.807) is 24.3 Å². The van der Waals surface area contributed by atoms with Gasteiger partial charge in [-0.25, -0.2) is 4.98 Å². The third-order valence-electron chi connectivity index (χ3n) is 3.65. The lowest BCUT2D eigenvalue weighted by Gasteiger charge is -2.13. The number of carbonyl (C=O) groups is 1. The molecule has 0 aliphatic rings. The van der Waals surface area contributed by atoms with Crippen molar-refractivity contribution in [1.29, 1.82) is 0 Å². The smallest absolute Gasteiger partial charge is 0.263 e. The van der Waals surface area contributed by atoms with Crippen LogP contribution in [-0.2, 0) is 0 Å². The molecule has 0 spiro atoms. The molecule has 0 radical (unpaired) electrons. The predicted octanol–water partition coefficient (Wildman–Crippen LogP) is 3.67. The highest BCUT2D eigenvalue weighted by Gasteiger charge is 2.20. The number of ether oxygens (including phenoxy) is 2. The summed E-state index contributed by atoms with van der Waals surface area (Å²) in [5.74, 6) is 0.563. The number of nitrogens with zero attached hydrogens (tertiary/aromatic N) is 2. The van der Waals surface area contributed by atoms with Gasteiger partial charge in [-0.15, -0.1) is 0 Å². The Morgan fingerprint density at radius 2 is 1.83 bits per heavy atom. The molecule has 1 N–H and O–H groups in total. The molecule has 0 unspecified atom stereocenters. The summed E-state index contributed by atoms with van der Waals surface area (Å²) in [4.78, 5) is 17.3. The Kier molecular flexibility index (Phi) is 4.44. The summed E-state index contributed by atoms with van der Waals surface area (Å²) >= 11 is 3.49. The van der Waals surface area contributed by atoms with E-state index in [4.69, 9.17) is 9.47 Å². The molecule has 2 aromatic heterocycles. The van der Waals surface area contributed by atoms with Crippen LogP contribution in [0.4, 0.5) is 5.69 Å². The van der Waals surface area contributed by atoms with Gasteiger partial charge in [0.15, 0.2) is 5.65 Å². The highest BCUT2D eigenvalue weighted by atomic mass is 79.9. The number of aromatic nitrogens is 2. The number of imidazole rings is 1. The number of anilines is 1. The van der Waals surface area contributed by atoms with Gasteiger partial charge in [0, 0.05) is 6.20 Å². The average molecular weight is 390 g/mol. The number of fused-ring (bicyclic) bond motifs is 1. The molecule has 3 rings (SSSR count). The maximum atomic E-state index is 12.8. The number of amides is 1. The second-order valence-electron chi connectivity index (χ2n) is 5.10. The van der Waals surface area contributed by atoms with Gasteiger partial charge >= 0.3 is 0 Å². The molecule has 24 heavy (non-hydrogen) atoms. The van der Waals surface area contributed by atoms with Gasteiger partial charge in [-0.2, -0.15) is 0 Å². The predicted molar refractivity (Wildman–Crippen MR) is 95.1 cm³/mol. The van der Waals surface area contributed by atoms with E-state index in [1.165, 1.54) is 14.2 Å². The number of hydrogen-bond donors (Lipinski definition) is 1. The Bertz CT molecular complexity index is 899. The first-order chi connectivity index (χ1) is 11.6. The first-order valence-corrected chi connectivity index (χ1v) is 8.01. The van der Waals surface area contributed by atoms with Crippen molar-refractivity contribution in [2.75, 3.05) is 19.5 Å².